The molecule has 0 radical (unpaired) electrons. The molecule has 2 aliphatic rings. The van der Waals surface area contributed by atoms with Crippen LogP contribution in [0, 0.1) is 0 Å². The maximum absolute atomic E-state index is 12.7. The first-order valence-corrected chi connectivity index (χ1v) is 14.1. The van der Waals surface area contributed by atoms with Crippen LogP contribution in [0.4, 0.5) is 5.69 Å². The number of nitrogens with zero attached hydrogens (tertiary/aromatic N) is 1. The third-order valence-corrected chi connectivity index (χ3v) is 6.76. The Morgan fingerprint density at radius 3 is 2.38 bits per heavy atom. The predicted octanol–water partition coefficient (Wildman–Crippen LogP) is -0.926. The minimum Gasteiger partial charge on any atom is -0.479 e. The molecule has 1 saturated heterocycles. The van der Waals surface area contributed by atoms with Crippen molar-refractivity contribution in [3.05, 3.63) is 42.0 Å². The minimum absolute atomic E-state index is 0.000752. The molecule has 2 aliphatic heterocycles. The lowest BCUT2D eigenvalue weighted by Gasteiger charge is -2.38. The molecular formula is C29H35N3O13. The number of aliphatic carboxylic acids is 1. The molecule has 244 valence electrons. The van der Waals surface area contributed by atoms with Crippen LogP contribution < -0.4 is 15.4 Å². The first kappa shape index (κ1) is 34.8. The van der Waals surface area contributed by atoms with Crippen LogP contribution in [0.5, 0.6) is 5.75 Å². The van der Waals surface area contributed by atoms with Crippen molar-refractivity contribution in [3.8, 4) is 5.75 Å². The molecule has 1 fully saturated rings. The Morgan fingerprint density at radius 2 is 1.69 bits per heavy atom. The molecule has 6 N–H and O–H groups in total. The zero-order valence-electron chi connectivity index (χ0n) is 24.1. The number of ether oxygens (including phenoxy) is 3. The number of aliphatic hydroxyl groups is 3. The van der Waals surface area contributed by atoms with Gasteiger partial charge >= 0.3 is 5.97 Å². The van der Waals surface area contributed by atoms with Gasteiger partial charge < -0.3 is 45.3 Å². The first-order valence-electron chi connectivity index (χ1n) is 14.1. The highest BCUT2D eigenvalue weighted by molar-refractivity contribution is 6.12. The Kier molecular flexibility index (Phi) is 13.2. The van der Waals surface area contributed by atoms with E-state index in [1.165, 1.54) is 36.4 Å². The third-order valence-electron chi connectivity index (χ3n) is 6.76. The van der Waals surface area contributed by atoms with Gasteiger partial charge in [-0.2, -0.15) is 0 Å². The summed E-state index contributed by atoms with van der Waals surface area (Å²) in [6, 6.07) is 4.39. The highest BCUT2D eigenvalue weighted by atomic mass is 16.7. The van der Waals surface area contributed by atoms with E-state index in [0.717, 1.165) is 4.90 Å². The van der Waals surface area contributed by atoms with Crippen LogP contribution >= 0.6 is 0 Å². The lowest BCUT2D eigenvalue weighted by atomic mass is 9.99. The number of amides is 4. The standard InChI is InChI=1S/C29H35N3O13/c33-16-43-14-4-5-17-7-8-19(44-29-26(40)24(38)25(39)27(45-29)28(41)42)18(15-17)31-21(35)11-12-30-20(34)6-2-1-3-13-32-22(36)9-10-23(32)37/h4-5,7-10,15-16,24-27,29,38-40H,1-3,6,11-14H2,(H,30,34)(H,31,35)(H,41,42)/b5-4+/t24-,25-,26+,27-,29?/m0/s1. The highest BCUT2D eigenvalue weighted by Crippen LogP contribution is 2.31. The summed E-state index contributed by atoms with van der Waals surface area (Å²) in [5.74, 6) is -3.20. The number of nitrogens with one attached hydrogen (secondary N) is 2. The van der Waals surface area contributed by atoms with Crippen LogP contribution in [0.3, 0.4) is 0 Å². The number of carboxylic acids is 1. The van der Waals surface area contributed by atoms with E-state index in [1.807, 2.05) is 0 Å². The Balaban J connectivity index is 1.54. The van der Waals surface area contributed by atoms with Gasteiger partial charge in [-0.05, 0) is 36.6 Å². The van der Waals surface area contributed by atoms with Crippen LogP contribution in [0.2, 0.25) is 0 Å². The Bertz CT molecular complexity index is 1300. The molecule has 1 aromatic rings. The molecule has 0 aliphatic carbocycles. The summed E-state index contributed by atoms with van der Waals surface area (Å²) in [5.41, 5.74) is 0.595. The van der Waals surface area contributed by atoms with Crippen LogP contribution in [0.1, 0.15) is 37.7 Å². The van der Waals surface area contributed by atoms with Gasteiger partial charge in [0.2, 0.25) is 18.1 Å². The summed E-state index contributed by atoms with van der Waals surface area (Å²) in [7, 11) is 0. The largest absolute Gasteiger partial charge is 0.479 e. The fourth-order valence-electron chi connectivity index (χ4n) is 4.41. The minimum atomic E-state index is -1.92. The van der Waals surface area contributed by atoms with Gasteiger partial charge in [0.15, 0.2) is 6.10 Å². The molecule has 0 spiro atoms. The molecule has 45 heavy (non-hydrogen) atoms. The van der Waals surface area contributed by atoms with E-state index in [4.69, 9.17) is 9.47 Å². The second kappa shape index (κ2) is 17.0. The van der Waals surface area contributed by atoms with E-state index in [-0.39, 0.29) is 68.2 Å². The number of hydrogen-bond donors (Lipinski definition) is 6. The number of carboxylic acid groups (broad SMARTS) is 1. The maximum atomic E-state index is 12.7. The highest BCUT2D eigenvalue weighted by Gasteiger charge is 2.48. The van der Waals surface area contributed by atoms with Crippen LogP contribution in [-0.4, -0.2) is 112 Å². The van der Waals surface area contributed by atoms with Crippen molar-refractivity contribution in [2.45, 2.75) is 62.8 Å². The lowest BCUT2D eigenvalue weighted by Crippen LogP contribution is -2.61. The fraction of sp³-hybridized carbons (Fsp3) is 0.448. The predicted molar refractivity (Wildman–Crippen MR) is 153 cm³/mol. The third kappa shape index (κ3) is 10.2. The first-order chi connectivity index (χ1) is 21.5. The van der Waals surface area contributed by atoms with Gasteiger partial charge in [0.1, 0.15) is 30.7 Å². The topological polar surface area (TPSA) is 238 Å². The number of aliphatic hydroxyl groups excluding tert-OH is 3. The second-order valence-electron chi connectivity index (χ2n) is 10.1. The van der Waals surface area contributed by atoms with Gasteiger partial charge in [-0.3, -0.25) is 28.9 Å². The van der Waals surface area contributed by atoms with E-state index in [1.54, 1.807) is 6.08 Å². The SMILES string of the molecule is O=COC/C=C/c1ccc(OC2O[C@H](C(=O)O)[C@@H](O)[C@H](O)[C@H]2O)c(NC(=O)CCNC(=O)CCCCCN2C(=O)C=CC2=O)c1. The number of unbranched alkanes of at least 4 members (excludes halogenated alkanes) is 2. The zero-order chi connectivity index (χ0) is 32.9. The van der Waals surface area contributed by atoms with Crippen molar-refractivity contribution >= 4 is 47.8 Å². The molecule has 5 atom stereocenters. The van der Waals surface area contributed by atoms with Crippen molar-refractivity contribution < 1.29 is 63.4 Å². The Hall–Kier alpha value is -4.64. The maximum Gasteiger partial charge on any atom is 0.335 e. The molecular weight excluding hydrogens is 598 g/mol. The number of anilines is 1. The summed E-state index contributed by atoms with van der Waals surface area (Å²) in [5, 5.41) is 44.9. The summed E-state index contributed by atoms with van der Waals surface area (Å²) < 4.78 is 15.4. The lowest BCUT2D eigenvalue weighted by molar-refractivity contribution is -0.271. The number of benzene rings is 1. The molecule has 16 heteroatoms. The summed E-state index contributed by atoms with van der Waals surface area (Å²) in [6.07, 6.45) is -2.03. The van der Waals surface area contributed by atoms with Gasteiger partial charge in [-0.25, -0.2) is 4.79 Å². The average molecular weight is 634 g/mol. The van der Waals surface area contributed by atoms with Crippen molar-refractivity contribution in [3.63, 3.8) is 0 Å². The normalized spacial score (nSPS) is 22.8. The summed E-state index contributed by atoms with van der Waals surface area (Å²) in [4.78, 5) is 70.9. The quantitative estimate of drug-likeness (QED) is 0.0692. The number of imide groups is 1. The van der Waals surface area contributed by atoms with Gasteiger partial charge in [0, 0.05) is 38.1 Å². The number of carbonyl (C=O) groups excluding carboxylic acids is 5. The number of hydrogen-bond acceptors (Lipinski definition) is 12. The average Bonchev–Trinajstić information content (AvgIpc) is 3.32. The van der Waals surface area contributed by atoms with Crippen molar-refractivity contribution in [1.82, 2.24) is 10.2 Å². The van der Waals surface area contributed by atoms with Crippen molar-refractivity contribution in [1.29, 1.82) is 0 Å². The zero-order valence-corrected chi connectivity index (χ0v) is 24.1. The smallest absolute Gasteiger partial charge is 0.335 e. The molecule has 0 saturated carbocycles. The van der Waals surface area contributed by atoms with Crippen LogP contribution in [0.15, 0.2) is 36.4 Å². The van der Waals surface area contributed by atoms with Crippen molar-refractivity contribution in [2.24, 2.45) is 0 Å². The van der Waals surface area contributed by atoms with Crippen molar-refractivity contribution in [2.75, 3.05) is 25.0 Å². The van der Waals surface area contributed by atoms with Gasteiger partial charge in [0.05, 0.1) is 5.69 Å². The van der Waals surface area contributed by atoms with E-state index in [0.29, 0.717) is 24.8 Å². The Labute approximate surface area is 257 Å². The molecule has 1 aromatic carbocycles. The summed E-state index contributed by atoms with van der Waals surface area (Å²) in [6.45, 7) is 0.533. The van der Waals surface area contributed by atoms with Crippen LogP contribution in [-0.2, 0) is 38.2 Å². The molecule has 0 aromatic heterocycles. The molecule has 16 nitrogen and oxygen atoms in total. The van der Waals surface area contributed by atoms with Crippen LogP contribution in [0.25, 0.3) is 6.08 Å². The molecule has 4 amide bonds. The Morgan fingerprint density at radius 1 is 0.956 bits per heavy atom. The van der Waals surface area contributed by atoms with E-state index in [2.05, 4.69) is 15.4 Å². The number of carbonyl (C=O) groups is 6. The molecule has 2 heterocycles. The van der Waals surface area contributed by atoms with E-state index >= 15 is 0 Å². The van der Waals surface area contributed by atoms with Gasteiger partial charge in [0.25, 0.3) is 18.3 Å². The van der Waals surface area contributed by atoms with Gasteiger partial charge in [-0.15, -0.1) is 0 Å². The number of rotatable bonds is 17. The molecule has 0 bridgehead atoms. The van der Waals surface area contributed by atoms with Gasteiger partial charge in [-0.1, -0.05) is 18.6 Å². The molecule has 3 rings (SSSR count). The fourth-order valence-corrected chi connectivity index (χ4v) is 4.41. The molecule has 1 unspecified atom stereocenters. The monoisotopic (exact) mass is 633 g/mol. The second-order valence-corrected chi connectivity index (χ2v) is 10.1. The summed E-state index contributed by atoms with van der Waals surface area (Å²) >= 11 is 0. The van der Waals surface area contributed by atoms with E-state index in [9.17, 15) is 49.2 Å². The van der Waals surface area contributed by atoms with E-state index < -0.39 is 42.6 Å².